The molecule has 0 spiro atoms. The SMILES string of the molecule is O=C(c1ccc(N2CCOCC2)nc1)N1CCC(Oc2cccnc2)CC1. The van der Waals surface area contributed by atoms with E-state index in [2.05, 4.69) is 14.9 Å². The average molecular weight is 368 g/mol. The number of nitrogens with zero attached hydrogens (tertiary/aromatic N) is 4. The number of pyridine rings is 2. The summed E-state index contributed by atoms with van der Waals surface area (Å²) < 4.78 is 11.3. The van der Waals surface area contributed by atoms with Gasteiger partial charge in [0.2, 0.25) is 0 Å². The fraction of sp³-hybridized carbons (Fsp3) is 0.450. The highest BCUT2D eigenvalue weighted by atomic mass is 16.5. The van der Waals surface area contributed by atoms with Gasteiger partial charge in [0, 0.05) is 51.4 Å². The van der Waals surface area contributed by atoms with Crippen molar-refractivity contribution < 1.29 is 14.3 Å². The largest absolute Gasteiger partial charge is 0.489 e. The highest BCUT2D eigenvalue weighted by Crippen LogP contribution is 2.20. The fourth-order valence-electron chi connectivity index (χ4n) is 3.46. The Morgan fingerprint density at radius 3 is 2.56 bits per heavy atom. The number of ether oxygens (including phenoxy) is 2. The summed E-state index contributed by atoms with van der Waals surface area (Å²) in [6.45, 7) is 4.50. The van der Waals surface area contributed by atoms with Crippen LogP contribution in [0.2, 0.25) is 0 Å². The summed E-state index contributed by atoms with van der Waals surface area (Å²) in [6.07, 6.45) is 6.90. The summed E-state index contributed by atoms with van der Waals surface area (Å²) in [5, 5.41) is 0. The maximum absolute atomic E-state index is 12.8. The van der Waals surface area contributed by atoms with Crippen LogP contribution in [0.3, 0.4) is 0 Å². The number of hydrogen-bond acceptors (Lipinski definition) is 6. The maximum Gasteiger partial charge on any atom is 0.255 e. The number of likely N-dealkylation sites (tertiary alicyclic amines) is 1. The zero-order chi connectivity index (χ0) is 18.5. The van der Waals surface area contributed by atoms with Crippen molar-refractivity contribution >= 4 is 11.7 Å². The van der Waals surface area contributed by atoms with Crippen LogP contribution in [0, 0.1) is 0 Å². The minimum absolute atomic E-state index is 0.0378. The van der Waals surface area contributed by atoms with Crippen molar-refractivity contribution in [3.8, 4) is 5.75 Å². The van der Waals surface area contributed by atoms with Crippen molar-refractivity contribution in [3.05, 3.63) is 48.4 Å². The molecule has 2 aliphatic heterocycles. The predicted molar refractivity (Wildman–Crippen MR) is 101 cm³/mol. The van der Waals surface area contributed by atoms with E-state index in [9.17, 15) is 4.79 Å². The standard InChI is InChI=1S/C20H24N4O3/c25-20(16-3-4-19(22-14-16)23-10-12-26-13-11-23)24-8-5-17(6-9-24)27-18-2-1-7-21-15-18/h1-4,7,14-15,17H,5-6,8-13H2. The molecule has 2 aromatic heterocycles. The Bertz CT molecular complexity index is 740. The number of carbonyl (C=O) groups excluding carboxylic acids is 1. The van der Waals surface area contributed by atoms with Gasteiger partial charge in [-0.1, -0.05) is 0 Å². The van der Waals surface area contributed by atoms with Crippen LogP contribution in [0.15, 0.2) is 42.9 Å². The zero-order valence-electron chi connectivity index (χ0n) is 15.3. The third-order valence-corrected chi connectivity index (χ3v) is 5.00. The van der Waals surface area contributed by atoms with Gasteiger partial charge in [-0.15, -0.1) is 0 Å². The molecular formula is C20H24N4O3. The molecule has 0 N–H and O–H groups in total. The van der Waals surface area contributed by atoms with E-state index in [-0.39, 0.29) is 12.0 Å². The van der Waals surface area contributed by atoms with Crippen LogP contribution in [-0.2, 0) is 4.74 Å². The molecule has 0 atom stereocenters. The Balaban J connectivity index is 1.31. The lowest BCUT2D eigenvalue weighted by Crippen LogP contribution is -2.42. The number of piperidine rings is 1. The molecule has 2 saturated heterocycles. The molecular weight excluding hydrogens is 344 g/mol. The third kappa shape index (κ3) is 4.36. The van der Waals surface area contributed by atoms with E-state index in [0.29, 0.717) is 18.7 Å². The van der Waals surface area contributed by atoms with Gasteiger partial charge in [-0.2, -0.15) is 0 Å². The Labute approximate surface area is 158 Å². The Morgan fingerprint density at radius 2 is 1.89 bits per heavy atom. The number of anilines is 1. The van der Waals surface area contributed by atoms with E-state index in [1.807, 2.05) is 29.2 Å². The van der Waals surface area contributed by atoms with Crippen molar-refractivity contribution in [2.45, 2.75) is 18.9 Å². The molecule has 7 heteroatoms. The molecule has 142 valence electrons. The van der Waals surface area contributed by atoms with E-state index in [1.165, 1.54) is 0 Å². The second-order valence-corrected chi connectivity index (χ2v) is 6.80. The minimum atomic E-state index is 0.0378. The molecule has 7 nitrogen and oxygen atoms in total. The lowest BCUT2D eigenvalue weighted by molar-refractivity contribution is 0.0594. The molecule has 1 amide bonds. The topological polar surface area (TPSA) is 67.8 Å². The van der Waals surface area contributed by atoms with Gasteiger partial charge in [0.15, 0.2) is 0 Å². The number of amides is 1. The molecule has 0 bridgehead atoms. The molecule has 0 aliphatic carbocycles. The van der Waals surface area contributed by atoms with Crippen LogP contribution in [0.4, 0.5) is 5.82 Å². The quantitative estimate of drug-likeness (QED) is 0.822. The van der Waals surface area contributed by atoms with Crippen molar-refractivity contribution in [2.75, 3.05) is 44.3 Å². The molecule has 0 radical (unpaired) electrons. The second-order valence-electron chi connectivity index (χ2n) is 6.80. The smallest absolute Gasteiger partial charge is 0.255 e. The van der Waals surface area contributed by atoms with Gasteiger partial charge in [0.25, 0.3) is 5.91 Å². The molecule has 0 saturated carbocycles. The van der Waals surface area contributed by atoms with Gasteiger partial charge in [-0.05, 0) is 24.3 Å². The normalized spacial score (nSPS) is 18.4. The van der Waals surface area contributed by atoms with Crippen LogP contribution in [0.25, 0.3) is 0 Å². The number of rotatable bonds is 4. The summed E-state index contributed by atoms with van der Waals surface area (Å²) in [5.74, 6) is 1.72. The van der Waals surface area contributed by atoms with Crippen LogP contribution < -0.4 is 9.64 Å². The molecule has 27 heavy (non-hydrogen) atoms. The van der Waals surface area contributed by atoms with E-state index < -0.39 is 0 Å². The minimum Gasteiger partial charge on any atom is -0.489 e. The molecule has 2 fully saturated rings. The molecule has 2 aliphatic rings. The zero-order valence-corrected chi connectivity index (χ0v) is 15.3. The summed E-state index contributed by atoms with van der Waals surface area (Å²) in [6, 6.07) is 7.57. The Morgan fingerprint density at radius 1 is 1.07 bits per heavy atom. The van der Waals surface area contributed by atoms with Gasteiger partial charge < -0.3 is 19.3 Å². The maximum atomic E-state index is 12.8. The lowest BCUT2D eigenvalue weighted by atomic mass is 10.1. The Hall–Kier alpha value is -2.67. The highest BCUT2D eigenvalue weighted by molar-refractivity contribution is 5.94. The Kier molecular flexibility index (Phi) is 5.48. The molecule has 4 heterocycles. The number of aromatic nitrogens is 2. The van der Waals surface area contributed by atoms with Gasteiger partial charge >= 0.3 is 0 Å². The highest BCUT2D eigenvalue weighted by Gasteiger charge is 2.25. The first-order valence-electron chi connectivity index (χ1n) is 9.44. The van der Waals surface area contributed by atoms with Crippen molar-refractivity contribution in [2.24, 2.45) is 0 Å². The van der Waals surface area contributed by atoms with Crippen LogP contribution in [0.1, 0.15) is 23.2 Å². The first kappa shape index (κ1) is 17.7. The van der Waals surface area contributed by atoms with Crippen LogP contribution in [0.5, 0.6) is 5.75 Å². The molecule has 4 rings (SSSR count). The summed E-state index contributed by atoms with van der Waals surface area (Å²) >= 11 is 0. The number of morpholine rings is 1. The molecule has 0 aromatic carbocycles. The van der Waals surface area contributed by atoms with Gasteiger partial charge in [-0.3, -0.25) is 9.78 Å². The first-order valence-corrected chi connectivity index (χ1v) is 9.44. The van der Waals surface area contributed by atoms with E-state index in [0.717, 1.165) is 50.7 Å². The van der Waals surface area contributed by atoms with E-state index in [4.69, 9.17) is 9.47 Å². The summed E-state index contributed by atoms with van der Waals surface area (Å²) in [4.78, 5) is 25.4. The molecule has 0 unspecified atom stereocenters. The van der Waals surface area contributed by atoms with E-state index in [1.54, 1.807) is 18.6 Å². The average Bonchev–Trinajstić information content (AvgIpc) is 2.75. The van der Waals surface area contributed by atoms with Gasteiger partial charge in [0.1, 0.15) is 17.7 Å². The van der Waals surface area contributed by atoms with Crippen LogP contribution in [-0.4, -0.2) is 66.3 Å². The predicted octanol–water partition coefficient (Wildman–Crippen LogP) is 2.00. The van der Waals surface area contributed by atoms with Crippen molar-refractivity contribution in [1.82, 2.24) is 14.9 Å². The van der Waals surface area contributed by atoms with Crippen molar-refractivity contribution in [1.29, 1.82) is 0 Å². The second kappa shape index (κ2) is 8.35. The third-order valence-electron chi connectivity index (χ3n) is 5.00. The number of carbonyl (C=O) groups is 1. The number of hydrogen-bond donors (Lipinski definition) is 0. The van der Waals surface area contributed by atoms with E-state index >= 15 is 0 Å². The lowest BCUT2D eigenvalue weighted by Gasteiger charge is -2.32. The summed E-state index contributed by atoms with van der Waals surface area (Å²) in [5.41, 5.74) is 0.638. The fourth-order valence-corrected chi connectivity index (χ4v) is 3.46. The first-order chi connectivity index (χ1) is 13.3. The molecule has 2 aromatic rings. The monoisotopic (exact) mass is 368 g/mol. The van der Waals surface area contributed by atoms with Crippen LogP contribution >= 0.6 is 0 Å². The summed E-state index contributed by atoms with van der Waals surface area (Å²) in [7, 11) is 0. The van der Waals surface area contributed by atoms with Gasteiger partial charge in [-0.25, -0.2) is 4.98 Å². The van der Waals surface area contributed by atoms with Gasteiger partial charge in [0.05, 0.1) is 25.0 Å². The van der Waals surface area contributed by atoms with Crippen molar-refractivity contribution in [3.63, 3.8) is 0 Å².